The molecule has 0 aliphatic rings. The monoisotopic (exact) mass is 293 g/mol. The highest BCUT2D eigenvalue weighted by molar-refractivity contribution is 5.89. The highest BCUT2D eigenvalue weighted by Gasteiger charge is 2.17. The highest BCUT2D eigenvalue weighted by Crippen LogP contribution is 2.14. The fraction of sp³-hybridized carbons (Fsp3) is 0.500. The number of benzene rings is 1. The maximum absolute atomic E-state index is 11.6. The molecule has 0 saturated heterocycles. The summed E-state index contributed by atoms with van der Waals surface area (Å²) in [6, 6.07) is 7.89. The van der Waals surface area contributed by atoms with Crippen LogP contribution in [0.3, 0.4) is 0 Å². The summed E-state index contributed by atoms with van der Waals surface area (Å²) < 4.78 is 10.6. The van der Waals surface area contributed by atoms with Crippen molar-refractivity contribution in [2.75, 3.05) is 13.2 Å². The van der Waals surface area contributed by atoms with Crippen molar-refractivity contribution in [3.05, 3.63) is 29.8 Å². The first-order valence-corrected chi connectivity index (χ1v) is 7.21. The molecule has 1 N–H and O–H groups in total. The minimum atomic E-state index is -0.492. The lowest BCUT2D eigenvalue weighted by Crippen LogP contribution is -2.19. The van der Waals surface area contributed by atoms with Crippen LogP contribution in [0.1, 0.15) is 31.7 Å². The van der Waals surface area contributed by atoms with Crippen LogP contribution in [0.15, 0.2) is 29.4 Å². The summed E-state index contributed by atoms with van der Waals surface area (Å²) in [7, 11) is 0. The number of aryl methyl sites for hydroxylation is 1. The van der Waals surface area contributed by atoms with Crippen LogP contribution in [0.4, 0.5) is 0 Å². The van der Waals surface area contributed by atoms with Gasteiger partial charge in [0, 0.05) is 0 Å². The maximum atomic E-state index is 11.6. The van der Waals surface area contributed by atoms with Crippen LogP contribution in [0.2, 0.25) is 0 Å². The summed E-state index contributed by atoms with van der Waals surface area (Å²) in [6.07, 6.45) is 3.42. The van der Waals surface area contributed by atoms with Gasteiger partial charge in [0.25, 0.3) is 0 Å². The summed E-state index contributed by atoms with van der Waals surface area (Å²) in [5, 5.41) is 11.5. The molecule has 116 valence electrons. The maximum Gasteiger partial charge on any atom is 0.314 e. The zero-order chi connectivity index (χ0) is 15.5. The molecule has 0 aromatic heterocycles. The van der Waals surface area contributed by atoms with Crippen molar-refractivity contribution >= 4 is 12.2 Å². The van der Waals surface area contributed by atoms with Gasteiger partial charge < -0.3 is 14.7 Å². The van der Waals surface area contributed by atoms with Crippen molar-refractivity contribution in [3.8, 4) is 5.75 Å². The Hall–Kier alpha value is -2.04. The molecule has 0 spiro atoms. The highest BCUT2D eigenvalue weighted by atomic mass is 16.5. The molecule has 0 fully saturated rings. The van der Waals surface area contributed by atoms with Crippen molar-refractivity contribution in [3.63, 3.8) is 0 Å². The largest absolute Gasteiger partial charge is 0.494 e. The number of oxime groups is 1. The Morgan fingerprint density at radius 2 is 2.24 bits per heavy atom. The van der Waals surface area contributed by atoms with E-state index in [1.165, 1.54) is 6.21 Å². The van der Waals surface area contributed by atoms with E-state index in [9.17, 15) is 4.79 Å². The third-order valence-corrected chi connectivity index (χ3v) is 3.00. The van der Waals surface area contributed by atoms with Crippen molar-refractivity contribution in [2.24, 2.45) is 11.1 Å². The van der Waals surface area contributed by atoms with Gasteiger partial charge in [0.2, 0.25) is 0 Å². The van der Waals surface area contributed by atoms with Crippen LogP contribution in [0.25, 0.3) is 0 Å². The summed E-state index contributed by atoms with van der Waals surface area (Å²) in [6.45, 7) is 4.69. The van der Waals surface area contributed by atoms with E-state index in [2.05, 4.69) is 5.16 Å². The van der Waals surface area contributed by atoms with Crippen molar-refractivity contribution in [1.82, 2.24) is 0 Å². The van der Waals surface area contributed by atoms with Gasteiger partial charge in [-0.15, -0.1) is 5.16 Å². The first kappa shape index (κ1) is 17.0. The number of carbonyl (C=O) groups excluding carboxylic acids is 1. The Morgan fingerprint density at radius 3 is 2.90 bits per heavy atom. The third kappa shape index (κ3) is 6.79. The Bertz CT molecular complexity index is 459. The van der Waals surface area contributed by atoms with Gasteiger partial charge in [0.05, 0.1) is 25.3 Å². The Balaban J connectivity index is 2.26. The van der Waals surface area contributed by atoms with Crippen LogP contribution >= 0.6 is 0 Å². The number of ether oxygens (including phenoxy) is 2. The van der Waals surface area contributed by atoms with E-state index >= 15 is 0 Å². The number of esters is 1. The van der Waals surface area contributed by atoms with Crippen molar-refractivity contribution < 1.29 is 19.5 Å². The third-order valence-electron chi connectivity index (χ3n) is 3.00. The first-order valence-electron chi connectivity index (χ1n) is 7.21. The lowest BCUT2D eigenvalue weighted by molar-refractivity contribution is -0.145. The average molecular weight is 293 g/mol. The number of hydrogen-bond acceptors (Lipinski definition) is 5. The lowest BCUT2D eigenvalue weighted by atomic mass is 10.0. The second kappa shape index (κ2) is 9.80. The summed E-state index contributed by atoms with van der Waals surface area (Å²) >= 11 is 0. The van der Waals surface area contributed by atoms with E-state index in [0.717, 1.165) is 24.2 Å². The van der Waals surface area contributed by atoms with Crippen molar-refractivity contribution in [1.29, 1.82) is 0 Å². The smallest absolute Gasteiger partial charge is 0.314 e. The van der Waals surface area contributed by atoms with Gasteiger partial charge in [-0.2, -0.15) is 0 Å². The summed E-state index contributed by atoms with van der Waals surface area (Å²) in [5.41, 5.74) is 1.16. The number of nitrogens with zero attached hydrogens (tertiary/aromatic N) is 1. The zero-order valence-electron chi connectivity index (χ0n) is 12.6. The average Bonchev–Trinajstić information content (AvgIpc) is 2.46. The van der Waals surface area contributed by atoms with Crippen molar-refractivity contribution in [2.45, 2.75) is 33.1 Å². The Kier molecular flexibility index (Phi) is 7.94. The topological polar surface area (TPSA) is 68.1 Å². The fourth-order valence-electron chi connectivity index (χ4n) is 1.94. The molecule has 0 radical (unpaired) electrons. The quantitative estimate of drug-likeness (QED) is 0.250. The van der Waals surface area contributed by atoms with Gasteiger partial charge in [-0.25, -0.2) is 0 Å². The van der Waals surface area contributed by atoms with Crippen LogP contribution in [0, 0.1) is 12.8 Å². The molecule has 1 aromatic carbocycles. The van der Waals surface area contributed by atoms with E-state index in [1.807, 2.05) is 31.2 Å². The Morgan fingerprint density at radius 1 is 1.43 bits per heavy atom. The predicted molar refractivity (Wildman–Crippen MR) is 80.9 cm³/mol. The number of hydrogen-bond donors (Lipinski definition) is 1. The Labute approximate surface area is 125 Å². The molecule has 1 aromatic rings. The summed E-state index contributed by atoms with van der Waals surface area (Å²) in [5.74, 6) is 0.0117. The van der Waals surface area contributed by atoms with Crippen LogP contribution in [0.5, 0.6) is 5.75 Å². The normalized spacial score (nSPS) is 12.3. The molecule has 1 atom stereocenters. The van der Waals surface area contributed by atoms with E-state index < -0.39 is 5.92 Å². The molecule has 1 rings (SSSR count). The molecule has 0 bridgehead atoms. The molecule has 0 saturated carbocycles. The van der Waals surface area contributed by atoms with Crippen LogP contribution < -0.4 is 4.74 Å². The molecule has 0 amide bonds. The number of carbonyl (C=O) groups is 1. The fourth-order valence-corrected chi connectivity index (χ4v) is 1.94. The molecule has 21 heavy (non-hydrogen) atoms. The molecule has 1 unspecified atom stereocenters. The number of unbranched alkanes of at least 4 members (excludes halogenated alkanes) is 1. The molecule has 5 nitrogen and oxygen atoms in total. The molecule has 0 aliphatic carbocycles. The van der Waals surface area contributed by atoms with Gasteiger partial charge in [0.15, 0.2) is 0 Å². The molecule has 0 aliphatic heterocycles. The molecule has 5 heteroatoms. The van der Waals surface area contributed by atoms with Gasteiger partial charge >= 0.3 is 5.97 Å². The van der Waals surface area contributed by atoms with Crippen LogP contribution in [-0.4, -0.2) is 30.6 Å². The molecular weight excluding hydrogens is 270 g/mol. The summed E-state index contributed by atoms with van der Waals surface area (Å²) in [4.78, 5) is 11.6. The molecular formula is C16H23NO4. The first-order chi connectivity index (χ1) is 10.2. The lowest BCUT2D eigenvalue weighted by Gasteiger charge is -2.11. The number of rotatable bonds is 9. The minimum Gasteiger partial charge on any atom is -0.494 e. The van der Waals surface area contributed by atoms with Crippen LogP contribution in [-0.2, 0) is 9.53 Å². The van der Waals surface area contributed by atoms with Gasteiger partial charge in [-0.1, -0.05) is 12.1 Å². The van der Waals surface area contributed by atoms with Gasteiger partial charge in [-0.3, -0.25) is 4.79 Å². The second-order valence-electron chi connectivity index (χ2n) is 4.78. The van der Waals surface area contributed by atoms with E-state index in [1.54, 1.807) is 6.92 Å². The molecule has 0 heterocycles. The minimum absolute atomic E-state index is 0.324. The van der Waals surface area contributed by atoms with E-state index in [4.69, 9.17) is 14.7 Å². The van der Waals surface area contributed by atoms with E-state index in [0.29, 0.717) is 19.6 Å². The van der Waals surface area contributed by atoms with Gasteiger partial charge in [0.1, 0.15) is 5.75 Å². The SMILES string of the molecule is CCOC(=O)C(/C=N\O)CCCCOc1cccc(C)c1. The zero-order valence-corrected chi connectivity index (χ0v) is 12.6. The van der Waals surface area contributed by atoms with E-state index in [-0.39, 0.29) is 5.97 Å². The van der Waals surface area contributed by atoms with Gasteiger partial charge in [-0.05, 0) is 50.8 Å². The standard InChI is InChI=1S/C16H23NO4/c1-3-20-16(18)14(12-17-19)8-4-5-10-21-15-9-6-7-13(2)11-15/h6-7,9,11-12,14,19H,3-5,8,10H2,1-2H3/b17-12-. The second-order valence-corrected chi connectivity index (χ2v) is 4.78. The predicted octanol–water partition coefficient (Wildman–Crippen LogP) is 3.18.